The molecule has 0 spiro atoms. The van der Waals surface area contributed by atoms with Crippen LogP contribution in [0.25, 0.3) is 11.5 Å². The number of hydrogen-bond acceptors (Lipinski definition) is 5. The van der Waals surface area contributed by atoms with E-state index in [4.69, 9.17) is 4.42 Å². The standard InChI is InChI=1S/C19H17N3O3/c23-12-13-6-8-20-15(10-13)19(24)22-9-7-17-16(11-22)21-18(25-17)14-4-2-1-3-5-14/h1-6,8,10,23H,7,9,11-12H2. The first-order valence-corrected chi connectivity index (χ1v) is 8.13. The lowest BCUT2D eigenvalue weighted by atomic mass is 10.1. The minimum atomic E-state index is -0.162. The Hall–Kier alpha value is -2.99. The van der Waals surface area contributed by atoms with Crippen LogP contribution in [0.3, 0.4) is 0 Å². The van der Waals surface area contributed by atoms with E-state index in [0.29, 0.717) is 36.7 Å². The minimum absolute atomic E-state index is 0.114. The molecule has 1 aliphatic rings. The summed E-state index contributed by atoms with van der Waals surface area (Å²) in [5.74, 6) is 1.26. The van der Waals surface area contributed by atoms with Gasteiger partial charge >= 0.3 is 0 Å². The SMILES string of the molecule is O=C(c1cc(CO)ccn1)N1CCc2oc(-c3ccccc3)nc2C1. The van der Waals surface area contributed by atoms with E-state index in [-0.39, 0.29) is 12.5 Å². The summed E-state index contributed by atoms with van der Waals surface area (Å²) in [7, 11) is 0. The average Bonchev–Trinajstić information content (AvgIpc) is 3.11. The topological polar surface area (TPSA) is 79.5 Å². The minimum Gasteiger partial charge on any atom is -0.441 e. The lowest BCUT2D eigenvalue weighted by Gasteiger charge is -2.25. The van der Waals surface area contributed by atoms with Gasteiger partial charge in [-0.25, -0.2) is 4.98 Å². The zero-order valence-electron chi connectivity index (χ0n) is 13.6. The van der Waals surface area contributed by atoms with Crippen molar-refractivity contribution in [3.8, 4) is 11.5 Å². The Morgan fingerprint density at radius 3 is 2.88 bits per heavy atom. The van der Waals surface area contributed by atoms with Gasteiger partial charge in [0.2, 0.25) is 5.89 Å². The molecule has 0 aliphatic carbocycles. The molecular formula is C19H17N3O3. The summed E-state index contributed by atoms with van der Waals surface area (Å²) in [6.45, 7) is 0.840. The Morgan fingerprint density at radius 1 is 1.24 bits per heavy atom. The van der Waals surface area contributed by atoms with Crippen LogP contribution in [0.1, 0.15) is 27.5 Å². The number of hydrogen-bond donors (Lipinski definition) is 1. The van der Waals surface area contributed by atoms with Gasteiger partial charge in [0.05, 0.1) is 13.2 Å². The van der Waals surface area contributed by atoms with Crippen LogP contribution >= 0.6 is 0 Å². The molecule has 25 heavy (non-hydrogen) atoms. The third kappa shape index (κ3) is 3.04. The highest BCUT2D eigenvalue weighted by atomic mass is 16.4. The molecule has 1 N–H and O–H groups in total. The Kier molecular flexibility index (Phi) is 4.03. The van der Waals surface area contributed by atoms with Gasteiger partial charge < -0.3 is 14.4 Å². The molecule has 0 bridgehead atoms. The molecule has 0 atom stereocenters. The number of amides is 1. The number of nitrogens with zero attached hydrogens (tertiary/aromatic N) is 3. The third-order valence-electron chi connectivity index (χ3n) is 4.26. The van der Waals surface area contributed by atoms with Gasteiger partial charge in [-0.1, -0.05) is 18.2 Å². The normalized spacial score (nSPS) is 13.6. The lowest BCUT2D eigenvalue weighted by Crippen LogP contribution is -2.36. The van der Waals surface area contributed by atoms with Gasteiger partial charge in [0.15, 0.2) is 0 Å². The highest BCUT2D eigenvalue weighted by Gasteiger charge is 2.27. The predicted octanol–water partition coefficient (Wildman–Crippen LogP) is 2.43. The number of aromatic nitrogens is 2. The van der Waals surface area contributed by atoms with Crippen molar-refractivity contribution in [1.82, 2.24) is 14.9 Å². The summed E-state index contributed by atoms with van der Waals surface area (Å²) in [5, 5.41) is 9.22. The summed E-state index contributed by atoms with van der Waals surface area (Å²) in [4.78, 5) is 23.1. The first-order chi connectivity index (χ1) is 12.2. The van der Waals surface area contributed by atoms with E-state index in [2.05, 4.69) is 9.97 Å². The fourth-order valence-electron chi connectivity index (χ4n) is 2.93. The number of benzene rings is 1. The molecule has 6 nitrogen and oxygen atoms in total. The summed E-state index contributed by atoms with van der Waals surface area (Å²) < 4.78 is 5.86. The van der Waals surface area contributed by atoms with Gasteiger partial charge in [-0.2, -0.15) is 0 Å². The molecule has 3 aromatic rings. The van der Waals surface area contributed by atoms with E-state index < -0.39 is 0 Å². The van der Waals surface area contributed by atoms with E-state index in [1.807, 2.05) is 30.3 Å². The maximum atomic E-state index is 12.7. The molecule has 0 unspecified atom stereocenters. The Balaban J connectivity index is 1.56. The smallest absolute Gasteiger partial charge is 0.272 e. The molecule has 1 aromatic carbocycles. The number of carbonyl (C=O) groups is 1. The number of fused-ring (bicyclic) bond motifs is 1. The van der Waals surface area contributed by atoms with Gasteiger partial charge in [-0.15, -0.1) is 0 Å². The number of aliphatic hydroxyl groups excluding tert-OH is 1. The molecule has 6 heteroatoms. The van der Waals surface area contributed by atoms with Crippen LogP contribution < -0.4 is 0 Å². The van der Waals surface area contributed by atoms with Crippen molar-refractivity contribution in [3.63, 3.8) is 0 Å². The molecule has 0 radical (unpaired) electrons. The van der Waals surface area contributed by atoms with Crippen LogP contribution in [-0.2, 0) is 19.6 Å². The summed E-state index contributed by atoms with van der Waals surface area (Å²) in [5.41, 5.74) is 2.72. The second-order valence-corrected chi connectivity index (χ2v) is 5.94. The van der Waals surface area contributed by atoms with Gasteiger partial charge in [0.1, 0.15) is 17.1 Å². The van der Waals surface area contributed by atoms with Crippen molar-refractivity contribution in [2.45, 2.75) is 19.6 Å². The third-order valence-corrected chi connectivity index (χ3v) is 4.26. The fraction of sp³-hybridized carbons (Fsp3) is 0.211. The molecule has 0 fully saturated rings. The number of carbonyl (C=O) groups excluding carboxylic acids is 1. The van der Waals surface area contributed by atoms with E-state index in [1.165, 1.54) is 6.20 Å². The van der Waals surface area contributed by atoms with E-state index in [9.17, 15) is 9.90 Å². The molecule has 1 amide bonds. The van der Waals surface area contributed by atoms with Crippen LogP contribution in [-0.4, -0.2) is 32.4 Å². The molecule has 3 heterocycles. The largest absolute Gasteiger partial charge is 0.441 e. The molecule has 126 valence electrons. The van der Waals surface area contributed by atoms with Crippen LogP contribution in [0.2, 0.25) is 0 Å². The number of aliphatic hydroxyl groups is 1. The van der Waals surface area contributed by atoms with Crippen molar-refractivity contribution in [2.75, 3.05) is 6.54 Å². The summed E-state index contributed by atoms with van der Waals surface area (Å²) in [6, 6.07) is 13.0. The zero-order valence-corrected chi connectivity index (χ0v) is 13.6. The van der Waals surface area contributed by atoms with Crippen LogP contribution in [0.4, 0.5) is 0 Å². The molecule has 0 saturated heterocycles. The second kappa shape index (κ2) is 6.49. The second-order valence-electron chi connectivity index (χ2n) is 5.94. The van der Waals surface area contributed by atoms with Gasteiger partial charge in [0, 0.05) is 24.7 Å². The first kappa shape index (κ1) is 15.5. The van der Waals surface area contributed by atoms with Crippen molar-refractivity contribution in [1.29, 1.82) is 0 Å². The molecule has 0 saturated carbocycles. The van der Waals surface area contributed by atoms with E-state index in [0.717, 1.165) is 17.0 Å². The maximum Gasteiger partial charge on any atom is 0.272 e. The number of pyridine rings is 1. The van der Waals surface area contributed by atoms with Crippen molar-refractivity contribution >= 4 is 5.91 Å². The Bertz CT molecular complexity index is 905. The maximum absolute atomic E-state index is 12.7. The van der Waals surface area contributed by atoms with E-state index >= 15 is 0 Å². The highest BCUT2D eigenvalue weighted by Crippen LogP contribution is 2.26. The Labute approximate surface area is 144 Å². The zero-order chi connectivity index (χ0) is 17.2. The van der Waals surface area contributed by atoms with Gasteiger partial charge in [-0.05, 0) is 29.8 Å². The molecule has 1 aliphatic heterocycles. The van der Waals surface area contributed by atoms with Crippen molar-refractivity contribution in [3.05, 3.63) is 71.4 Å². The van der Waals surface area contributed by atoms with Crippen LogP contribution in [0.15, 0.2) is 53.1 Å². The van der Waals surface area contributed by atoms with Gasteiger partial charge in [0.25, 0.3) is 5.91 Å². The predicted molar refractivity (Wildman–Crippen MR) is 90.5 cm³/mol. The van der Waals surface area contributed by atoms with Crippen LogP contribution in [0, 0.1) is 0 Å². The van der Waals surface area contributed by atoms with Gasteiger partial charge in [-0.3, -0.25) is 9.78 Å². The fourth-order valence-corrected chi connectivity index (χ4v) is 2.93. The lowest BCUT2D eigenvalue weighted by molar-refractivity contribution is 0.0721. The highest BCUT2D eigenvalue weighted by molar-refractivity contribution is 5.92. The monoisotopic (exact) mass is 335 g/mol. The quantitative estimate of drug-likeness (QED) is 0.795. The molecular weight excluding hydrogens is 318 g/mol. The molecule has 2 aromatic heterocycles. The number of rotatable bonds is 3. The summed E-state index contributed by atoms with van der Waals surface area (Å²) >= 11 is 0. The van der Waals surface area contributed by atoms with E-state index in [1.54, 1.807) is 17.0 Å². The average molecular weight is 335 g/mol. The van der Waals surface area contributed by atoms with Crippen molar-refractivity contribution < 1.29 is 14.3 Å². The Morgan fingerprint density at radius 2 is 2.08 bits per heavy atom. The molecule has 4 rings (SSSR count). The summed E-state index contributed by atoms with van der Waals surface area (Å²) in [6.07, 6.45) is 2.17. The first-order valence-electron chi connectivity index (χ1n) is 8.13. The van der Waals surface area contributed by atoms with Crippen molar-refractivity contribution in [2.24, 2.45) is 0 Å². The van der Waals surface area contributed by atoms with Crippen LogP contribution in [0.5, 0.6) is 0 Å². The number of oxazole rings is 1.